The Morgan fingerprint density at radius 3 is 2.43 bits per heavy atom. The van der Waals surface area contributed by atoms with Gasteiger partial charge in [0.1, 0.15) is 6.20 Å². The highest BCUT2D eigenvalue weighted by Crippen LogP contribution is 2.18. The lowest BCUT2D eigenvalue weighted by Gasteiger charge is -2.21. The minimum absolute atomic E-state index is 0.0621. The van der Waals surface area contributed by atoms with Crippen molar-refractivity contribution in [1.82, 2.24) is 4.98 Å². The molecule has 1 aromatic heterocycles. The molecule has 1 aromatic rings. The SMILES string of the molecule is CCOC(CC(CCc1ccc([N+](=O)[O-])cn1)C(N)=O)OCC. The van der Waals surface area contributed by atoms with Gasteiger partial charge in [0.05, 0.1) is 4.92 Å². The molecular formula is C15H23N3O5. The van der Waals surface area contributed by atoms with E-state index in [0.29, 0.717) is 38.2 Å². The summed E-state index contributed by atoms with van der Waals surface area (Å²) in [5.74, 6) is -0.827. The number of hydrogen-bond acceptors (Lipinski definition) is 6. The molecule has 1 amide bonds. The number of carbonyl (C=O) groups is 1. The van der Waals surface area contributed by atoms with E-state index in [-0.39, 0.29) is 5.69 Å². The molecule has 8 nitrogen and oxygen atoms in total. The van der Waals surface area contributed by atoms with Gasteiger partial charge in [-0.05, 0) is 32.8 Å². The second-order valence-electron chi connectivity index (χ2n) is 4.98. The lowest BCUT2D eigenvalue weighted by Crippen LogP contribution is -2.30. The van der Waals surface area contributed by atoms with Crippen LogP contribution in [0.1, 0.15) is 32.4 Å². The van der Waals surface area contributed by atoms with Crippen molar-refractivity contribution in [2.75, 3.05) is 13.2 Å². The number of rotatable bonds is 11. The molecule has 0 aliphatic carbocycles. The van der Waals surface area contributed by atoms with E-state index < -0.39 is 23.0 Å². The number of nitro groups is 1. The van der Waals surface area contributed by atoms with Gasteiger partial charge in [-0.3, -0.25) is 19.9 Å². The number of hydrogen-bond donors (Lipinski definition) is 1. The van der Waals surface area contributed by atoms with Gasteiger partial charge in [0.15, 0.2) is 6.29 Å². The maximum absolute atomic E-state index is 11.6. The molecule has 0 saturated heterocycles. The first-order chi connectivity index (χ1) is 11.0. The maximum atomic E-state index is 11.6. The van der Waals surface area contributed by atoms with Crippen LogP contribution in [0, 0.1) is 16.0 Å². The first kappa shape index (κ1) is 19.0. The van der Waals surface area contributed by atoms with Crippen LogP contribution in [0.25, 0.3) is 0 Å². The van der Waals surface area contributed by atoms with E-state index in [1.807, 2.05) is 13.8 Å². The van der Waals surface area contributed by atoms with E-state index >= 15 is 0 Å². The number of pyridine rings is 1. The second kappa shape index (κ2) is 9.86. The Morgan fingerprint density at radius 2 is 2.00 bits per heavy atom. The van der Waals surface area contributed by atoms with Gasteiger partial charge in [0.25, 0.3) is 5.69 Å². The van der Waals surface area contributed by atoms with Crippen LogP contribution in [-0.4, -0.2) is 35.3 Å². The van der Waals surface area contributed by atoms with Crippen LogP contribution in [0.2, 0.25) is 0 Å². The normalized spacial score (nSPS) is 12.3. The van der Waals surface area contributed by atoms with Crippen LogP contribution in [-0.2, 0) is 20.7 Å². The standard InChI is InChI=1S/C15H23N3O5/c1-3-22-14(23-4-2)9-11(15(16)19)5-6-12-7-8-13(10-17-12)18(20)21/h7-8,10-11,14H,3-6,9H2,1-2H3,(H2,16,19). The largest absolute Gasteiger partial charge is 0.369 e. The van der Waals surface area contributed by atoms with E-state index in [1.54, 1.807) is 6.07 Å². The van der Waals surface area contributed by atoms with E-state index in [2.05, 4.69) is 4.98 Å². The predicted octanol–water partition coefficient (Wildman–Crippen LogP) is 1.81. The summed E-state index contributed by atoms with van der Waals surface area (Å²) in [6.45, 7) is 4.68. The molecule has 1 rings (SSSR count). The molecule has 0 spiro atoms. The number of primary amides is 1. The fourth-order valence-corrected chi connectivity index (χ4v) is 2.16. The minimum Gasteiger partial charge on any atom is -0.369 e. The first-order valence-corrected chi connectivity index (χ1v) is 7.59. The van der Waals surface area contributed by atoms with Gasteiger partial charge in [0.2, 0.25) is 5.91 Å². The van der Waals surface area contributed by atoms with Crippen molar-refractivity contribution in [2.24, 2.45) is 11.7 Å². The summed E-state index contributed by atoms with van der Waals surface area (Å²) < 4.78 is 10.9. The summed E-state index contributed by atoms with van der Waals surface area (Å²) in [6.07, 6.45) is 2.10. The van der Waals surface area contributed by atoms with Crippen molar-refractivity contribution in [3.63, 3.8) is 0 Å². The van der Waals surface area contributed by atoms with Crippen molar-refractivity contribution < 1.29 is 19.2 Å². The highest BCUT2D eigenvalue weighted by atomic mass is 16.7. The van der Waals surface area contributed by atoms with Crippen LogP contribution in [0.3, 0.4) is 0 Å². The Labute approximate surface area is 135 Å². The Morgan fingerprint density at radius 1 is 1.35 bits per heavy atom. The van der Waals surface area contributed by atoms with Crippen molar-refractivity contribution in [1.29, 1.82) is 0 Å². The number of aromatic nitrogens is 1. The third kappa shape index (κ3) is 6.70. The molecule has 1 unspecified atom stereocenters. The molecule has 23 heavy (non-hydrogen) atoms. The topological polar surface area (TPSA) is 118 Å². The van der Waals surface area contributed by atoms with Crippen LogP contribution in [0.5, 0.6) is 0 Å². The van der Waals surface area contributed by atoms with Gasteiger partial charge >= 0.3 is 0 Å². The zero-order chi connectivity index (χ0) is 17.2. The number of nitrogens with two attached hydrogens (primary N) is 1. The molecule has 0 saturated carbocycles. The Balaban J connectivity index is 2.61. The van der Waals surface area contributed by atoms with E-state index in [9.17, 15) is 14.9 Å². The van der Waals surface area contributed by atoms with Crippen molar-refractivity contribution in [2.45, 2.75) is 39.4 Å². The summed E-state index contributed by atoms with van der Waals surface area (Å²) in [6, 6.07) is 2.98. The van der Waals surface area contributed by atoms with Crippen molar-refractivity contribution in [3.8, 4) is 0 Å². The molecule has 1 heterocycles. The molecule has 2 N–H and O–H groups in total. The lowest BCUT2D eigenvalue weighted by atomic mass is 9.97. The fraction of sp³-hybridized carbons (Fsp3) is 0.600. The Bertz CT molecular complexity index is 500. The van der Waals surface area contributed by atoms with Crippen LogP contribution >= 0.6 is 0 Å². The second-order valence-corrected chi connectivity index (χ2v) is 4.98. The molecule has 128 valence electrons. The zero-order valence-corrected chi connectivity index (χ0v) is 13.4. The van der Waals surface area contributed by atoms with E-state index in [4.69, 9.17) is 15.2 Å². The average Bonchev–Trinajstić information content (AvgIpc) is 2.51. The van der Waals surface area contributed by atoms with Gasteiger partial charge in [0, 0.05) is 37.3 Å². The predicted molar refractivity (Wildman–Crippen MR) is 83.6 cm³/mol. The summed E-state index contributed by atoms with van der Waals surface area (Å²) in [5.41, 5.74) is 6.06. The average molecular weight is 325 g/mol. The maximum Gasteiger partial charge on any atom is 0.287 e. The Kier molecular flexibility index (Phi) is 8.14. The molecule has 1 atom stereocenters. The van der Waals surface area contributed by atoms with E-state index in [1.165, 1.54) is 12.3 Å². The monoisotopic (exact) mass is 325 g/mol. The number of nitrogens with zero attached hydrogens (tertiary/aromatic N) is 2. The van der Waals surface area contributed by atoms with Crippen LogP contribution in [0.15, 0.2) is 18.3 Å². The molecule has 0 aromatic carbocycles. The summed E-state index contributed by atoms with van der Waals surface area (Å²) in [7, 11) is 0. The quantitative estimate of drug-likeness (QED) is 0.376. The number of aryl methyl sites for hydroxylation is 1. The van der Waals surface area contributed by atoms with Crippen LogP contribution in [0.4, 0.5) is 5.69 Å². The lowest BCUT2D eigenvalue weighted by molar-refractivity contribution is -0.385. The number of carbonyl (C=O) groups excluding carboxylic acids is 1. The third-order valence-electron chi connectivity index (χ3n) is 3.35. The van der Waals surface area contributed by atoms with Crippen molar-refractivity contribution >= 4 is 11.6 Å². The summed E-state index contributed by atoms with van der Waals surface area (Å²) in [4.78, 5) is 25.7. The Hall–Kier alpha value is -2.06. The van der Waals surface area contributed by atoms with Crippen molar-refractivity contribution in [3.05, 3.63) is 34.1 Å². The minimum atomic E-state index is -0.502. The molecule has 0 fully saturated rings. The van der Waals surface area contributed by atoms with Gasteiger partial charge in [-0.25, -0.2) is 0 Å². The molecule has 0 radical (unpaired) electrons. The summed E-state index contributed by atoms with van der Waals surface area (Å²) >= 11 is 0. The third-order valence-corrected chi connectivity index (χ3v) is 3.35. The van der Waals surface area contributed by atoms with Gasteiger partial charge in [-0.15, -0.1) is 0 Å². The van der Waals surface area contributed by atoms with E-state index in [0.717, 1.165) is 0 Å². The molecule has 0 bridgehead atoms. The van der Waals surface area contributed by atoms with Gasteiger partial charge in [-0.1, -0.05) is 0 Å². The fourth-order valence-electron chi connectivity index (χ4n) is 2.16. The molecular weight excluding hydrogens is 302 g/mol. The summed E-state index contributed by atoms with van der Waals surface area (Å²) in [5, 5.41) is 10.6. The highest BCUT2D eigenvalue weighted by Gasteiger charge is 2.22. The highest BCUT2D eigenvalue weighted by molar-refractivity contribution is 5.76. The molecule has 8 heteroatoms. The zero-order valence-electron chi connectivity index (χ0n) is 13.4. The van der Waals surface area contributed by atoms with Gasteiger partial charge in [-0.2, -0.15) is 0 Å². The smallest absolute Gasteiger partial charge is 0.287 e. The number of ether oxygens (including phenoxy) is 2. The first-order valence-electron chi connectivity index (χ1n) is 7.59. The molecule has 0 aliphatic heterocycles. The van der Waals surface area contributed by atoms with Gasteiger partial charge < -0.3 is 15.2 Å². The number of amides is 1. The molecule has 0 aliphatic rings. The van der Waals surface area contributed by atoms with Crippen LogP contribution < -0.4 is 5.73 Å².